The van der Waals surface area contributed by atoms with Gasteiger partial charge in [-0.05, 0) is 42.7 Å². The zero-order chi connectivity index (χ0) is 19.7. The van der Waals surface area contributed by atoms with Crippen LogP contribution in [0.15, 0.2) is 42.9 Å². The molecule has 8 heteroatoms. The number of fused-ring (bicyclic) bond motifs is 1. The van der Waals surface area contributed by atoms with Gasteiger partial charge in [0.2, 0.25) is 0 Å². The summed E-state index contributed by atoms with van der Waals surface area (Å²) in [6.45, 7) is 2.77. The highest BCUT2D eigenvalue weighted by atomic mass is 19.4. The molecule has 0 N–H and O–H groups in total. The molecule has 0 spiro atoms. The van der Waals surface area contributed by atoms with Crippen molar-refractivity contribution in [3.05, 3.63) is 54.1 Å². The second-order valence-corrected chi connectivity index (χ2v) is 7.05. The van der Waals surface area contributed by atoms with E-state index in [1.54, 1.807) is 30.1 Å². The fourth-order valence-corrected chi connectivity index (χ4v) is 3.65. The molecule has 0 aromatic carbocycles. The molecule has 0 aliphatic carbocycles. The van der Waals surface area contributed by atoms with Crippen molar-refractivity contribution in [2.24, 2.45) is 0 Å². The van der Waals surface area contributed by atoms with Crippen LogP contribution in [-0.4, -0.2) is 45.7 Å². The van der Waals surface area contributed by atoms with Crippen LogP contribution in [0, 0.1) is 0 Å². The van der Waals surface area contributed by atoms with Crippen molar-refractivity contribution < 1.29 is 17.9 Å². The molecular formula is C20H21F3N4O. The molecule has 0 radical (unpaired) electrons. The fourth-order valence-electron chi connectivity index (χ4n) is 3.65. The number of halogens is 3. The summed E-state index contributed by atoms with van der Waals surface area (Å²) in [5.74, 6) is 0. The summed E-state index contributed by atoms with van der Waals surface area (Å²) in [6, 6.07) is 6.50. The molecule has 5 nitrogen and oxygen atoms in total. The molecule has 3 aromatic heterocycles. The van der Waals surface area contributed by atoms with E-state index in [0.29, 0.717) is 17.4 Å². The topological polar surface area (TPSA) is 43.2 Å². The lowest BCUT2D eigenvalue weighted by Gasteiger charge is -2.31. The van der Waals surface area contributed by atoms with Gasteiger partial charge in [-0.3, -0.25) is 9.88 Å². The third-order valence-electron chi connectivity index (χ3n) is 5.17. The molecule has 1 aliphatic heterocycles. The minimum absolute atomic E-state index is 0.341. The maximum Gasteiger partial charge on any atom is 0.433 e. The Kier molecular flexibility index (Phi) is 5.07. The Morgan fingerprint density at radius 3 is 2.64 bits per heavy atom. The molecule has 0 amide bonds. The normalized spacial score (nSPS) is 16.7. The van der Waals surface area contributed by atoms with Gasteiger partial charge in [0.15, 0.2) is 0 Å². The molecule has 4 heterocycles. The molecule has 4 rings (SSSR count). The first-order valence-electron chi connectivity index (χ1n) is 9.19. The average molecular weight is 390 g/mol. The maximum absolute atomic E-state index is 12.9. The Hall–Kier alpha value is -2.45. The Balaban J connectivity index is 1.56. The monoisotopic (exact) mass is 390 g/mol. The summed E-state index contributed by atoms with van der Waals surface area (Å²) < 4.78 is 45.9. The van der Waals surface area contributed by atoms with Crippen LogP contribution in [0.1, 0.15) is 24.1 Å². The van der Waals surface area contributed by atoms with Gasteiger partial charge in [0.1, 0.15) is 11.3 Å². The van der Waals surface area contributed by atoms with Gasteiger partial charge in [0.25, 0.3) is 0 Å². The Bertz CT molecular complexity index is 961. The van der Waals surface area contributed by atoms with Crippen LogP contribution >= 0.6 is 0 Å². The Labute approximate surface area is 160 Å². The average Bonchev–Trinajstić information content (AvgIpc) is 3.11. The van der Waals surface area contributed by atoms with E-state index in [-0.39, 0.29) is 0 Å². The third-order valence-corrected chi connectivity index (χ3v) is 5.17. The number of nitrogens with zero attached hydrogens (tertiary/aromatic N) is 4. The summed E-state index contributed by atoms with van der Waals surface area (Å²) in [4.78, 5) is 10.3. The van der Waals surface area contributed by atoms with Crippen LogP contribution < -0.4 is 0 Å². The standard InChI is InChI=1S/C20H21F3N4O/c1-28-17-4-7-26(8-5-17)13-14-10-15-3-9-27(19(15)25-12-14)16-2-6-24-18(11-16)20(21,22)23/h2-3,6,9-12,17H,4-5,7-8,13H2,1H3. The first kappa shape index (κ1) is 18.9. The number of pyridine rings is 2. The van der Waals surface area contributed by atoms with Crippen LogP contribution in [0.5, 0.6) is 0 Å². The van der Waals surface area contributed by atoms with Crippen molar-refractivity contribution in [3.8, 4) is 5.69 Å². The number of hydrogen-bond donors (Lipinski definition) is 0. The second-order valence-electron chi connectivity index (χ2n) is 7.05. The molecule has 0 saturated carbocycles. The number of methoxy groups -OCH3 is 1. The maximum atomic E-state index is 12.9. The van der Waals surface area contributed by atoms with Crippen molar-refractivity contribution in [2.45, 2.75) is 31.7 Å². The molecule has 1 aliphatic rings. The van der Waals surface area contributed by atoms with Crippen LogP contribution in [0.25, 0.3) is 16.7 Å². The van der Waals surface area contributed by atoms with E-state index in [9.17, 15) is 13.2 Å². The van der Waals surface area contributed by atoms with Gasteiger partial charge in [-0.1, -0.05) is 0 Å². The predicted molar refractivity (Wildman–Crippen MR) is 99.2 cm³/mol. The third kappa shape index (κ3) is 3.88. The number of piperidine rings is 1. The molecule has 0 bridgehead atoms. The van der Waals surface area contributed by atoms with Gasteiger partial charge >= 0.3 is 6.18 Å². The van der Waals surface area contributed by atoms with Gasteiger partial charge in [0.05, 0.1) is 11.8 Å². The number of rotatable bonds is 4. The number of alkyl halides is 3. The largest absolute Gasteiger partial charge is 0.433 e. The van der Waals surface area contributed by atoms with Gasteiger partial charge < -0.3 is 9.30 Å². The van der Waals surface area contributed by atoms with Gasteiger partial charge in [0, 0.05) is 50.7 Å². The lowest BCUT2D eigenvalue weighted by atomic mass is 10.1. The summed E-state index contributed by atoms with van der Waals surface area (Å²) in [5.41, 5.74) is 1.19. The molecule has 0 unspecified atom stereocenters. The van der Waals surface area contributed by atoms with Crippen LogP contribution in [0.3, 0.4) is 0 Å². The molecular weight excluding hydrogens is 369 g/mol. The zero-order valence-electron chi connectivity index (χ0n) is 15.5. The highest BCUT2D eigenvalue weighted by Crippen LogP contribution is 2.29. The predicted octanol–water partition coefficient (Wildman–Crippen LogP) is 4.05. The summed E-state index contributed by atoms with van der Waals surface area (Å²) >= 11 is 0. The van der Waals surface area contributed by atoms with Gasteiger partial charge in [-0.25, -0.2) is 4.98 Å². The van der Waals surface area contributed by atoms with Crippen LogP contribution in [0.4, 0.5) is 13.2 Å². The zero-order valence-corrected chi connectivity index (χ0v) is 15.5. The molecule has 148 valence electrons. The minimum atomic E-state index is -4.48. The minimum Gasteiger partial charge on any atom is -0.381 e. The molecule has 28 heavy (non-hydrogen) atoms. The summed E-state index contributed by atoms with van der Waals surface area (Å²) in [6.07, 6.45) is 2.61. The van der Waals surface area contributed by atoms with E-state index in [1.165, 1.54) is 6.20 Å². The first-order valence-corrected chi connectivity index (χ1v) is 9.19. The Morgan fingerprint density at radius 2 is 1.93 bits per heavy atom. The Morgan fingerprint density at radius 1 is 1.14 bits per heavy atom. The van der Waals surface area contributed by atoms with Crippen molar-refractivity contribution in [1.82, 2.24) is 19.4 Å². The molecule has 1 fully saturated rings. The van der Waals surface area contributed by atoms with Crippen molar-refractivity contribution in [2.75, 3.05) is 20.2 Å². The fraction of sp³-hybridized carbons (Fsp3) is 0.400. The highest BCUT2D eigenvalue weighted by molar-refractivity contribution is 5.78. The molecule has 3 aromatic rings. The highest BCUT2D eigenvalue weighted by Gasteiger charge is 2.32. The molecule has 0 atom stereocenters. The van der Waals surface area contributed by atoms with E-state index in [4.69, 9.17) is 4.74 Å². The SMILES string of the molecule is COC1CCN(Cc2cnc3c(ccn3-c3ccnc(C(F)(F)F)c3)c2)CC1. The summed E-state index contributed by atoms with van der Waals surface area (Å²) in [7, 11) is 1.75. The van der Waals surface area contributed by atoms with Gasteiger partial charge in [-0.15, -0.1) is 0 Å². The lowest BCUT2D eigenvalue weighted by Crippen LogP contribution is -2.36. The van der Waals surface area contributed by atoms with Crippen molar-refractivity contribution in [1.29, 1.82) is 0 Å². The number of likely N-dealkylation sites (tertiary alicyclic amines) is 1. The van der Waals surface area contributed by atoms with Crippen LogP contribution in [-0.2, 0) is 17.5 Å². The van der Waals surface area contributed by atoms with Crippen LogP contribution in [0.2, 0.25) is 0 Å². The van der Waals surface area contributed by atoms with E-state index < -0.39 is 11.9 Å². The number of ether oxygens (including phenoxy) is 1. The first-order chi connectivity index (χ1) is 13.4. The summed E-state index contributed by atoms with van der Waals surface area (Å²) in [5, 5.41) is 0.898. The molecule has 1 saturated heterocycles. The smallest absolute Gasteiger partial charge is 0.381 e. The lowest BCUT2D eigenvalue weighted by molar-refractivity contribution is -0.141. The van der Waals surface area contributed by atoms with Gasteiger partial charge in [-0.2, -0.15) is 13.2 Å². The number of hydrogen-bond acceptors (Lipinski definition) is 4. The van der Waals surface area contributed by atoms with E-state index >= 15 is 0 Å². The van der Waals surface area contributed by atoms with Crippen molar-refractivity contribution in [3.63, 3.8) is 0 Å². The van der Waals surface area contributed by atoms with Crippen molar-refractivity contribution >= 4 is 11.0 Å². The quantitative estimate of drug-likeness (QED) is 0.674. The van der Waals surface area contributed by atoms with E-state index in [2.05, 4.69) is 14.9 Å². The second kappa shape index (κ2) is 7.52. The number of aromatic nitrogens is 3. The van der Waals surface area contributed by atoms with E-state index in [1.807, 2.05) is 12.1 Å². The van der Waals surface area contributed by atoms with E-state index in [0.717, 1.165) is 49.5 Å².